The Bertz CT molecular complexity index is 605. The number of aliphatic hydroxyl groups excluding tert-OH is 2. The first-order valence-corrected chi connectivity index (χ1v) is 5.86. The van der Waals surface area contributed by atoms with Crippen LogP contribution in [0.2, 0.25) is 0 Å². The van der Waals surface area contributed by atoms with E-state index in [0.29, 0.717) is 16.9 Å². The predicted octanol–water partition coefficient (Wildman–Crippen LogP) is -0.277. The summed E-state index contributed by atoms with van der Waals surface area (Å²) < 4.78 is 20.8. The van der Waals surface area contributed by atoms with Gasteiger partial charge in [0.15, 0.2) is 18.0 Å². The Hall–Kier alpha value is -1.64. The van der Waals surface area contributed by atoms with E-state index in [9.17, 15) is 9.50 Å². The molecule has 1 fully saturated rings. The van der Waals surface area contributed by atoms with Gasteiger partial charge in [0, 0.05) is 0 Å². The zero-order valence-corrected chi connectivity index (χ0v) is 10.1. The van der Waals surface area contributed by atoms with Crippen LogP contribution in [0.5, 0.6) is 0 Å². The Morgan fingerprint density at radius 3 is 2.89 bits per heavy atom. The fourth-order valence-corrected chi connectivity index (χ4v) is 2.23. The first kappa shape index (κ1) is 12.4. The molecule has 1 aliphatic heterocycles. The minimum atomic E-state index is -1.65. The number of hydrogen-bond donors (Lipinski definition) is 2. The number of aromatic nitrogens is 4. The van der Waals surface area contributed by atoms with E-state index in [4.69, 9.17) is 9.84 Å². The van der Waals surface area contributed by atoms with Gasteiger partial charge in [0.05, 0.1) is 18.6 Å². The van der Waals surface area contributed by atoms with Crippen LogP contribution in [0.25, 0.3) is 11.2 Å². The van der Waals surface area contributed by atoms with Gasteiger partial charge in [-0.25, -0.2) is 19.3 Å². The normalized spacial score (nSPS) is 31.2. The summed E-state index contributed by atoms with van der Waals surface area (Å²) in [6.45, 7) is 1.33. The summed E-state index contributed by atoms with van der Waals surface area (Å²) in [6, 6.07) is 0. The van der Waals surface area contributed by atoms with E-state index in [2.05, 4.69) is 15.0 Å². The zero-order valence-electron chi connectivity index (χ0n) is 10.1. The molecule has 8 heteroatoms. The first-order valence-electron chi connectivity index (χ1n) is 5.86. The molecule has 0 radical (unpaired) electrons. The average molecular weight is 268 g/mol. The van der Waals surface area contributed by atoms with Crippen LogP contribution >= 0.6 is 0 Å². The van der Waals surface area contributed by atoms with E-state index in [-0.39, 0.29) is 0 Å². The van der Waals surface area contributed by atoms with Crippen molar-refractivity contribution < 1.29 is 19.3 Å². The molecule has 0 amide bonds. The summed E-state index contributed by atoms with van der Waals surface area (Å²) in [6.07, 6.45) is -2.25. The second-order valence-corrected chi connectivity index (χ2v) is 4.47. The molecule has 19 heavy (non-hydrogen) atoms. The smallest absolute Gasteiger partial charge is 0.173 e. The van der Waals surface area contributed by atoms with Gasteiger partial charge in [-0.3, -0.25) is 4.57 Å². The molecule has 2 N–H and O–H groups in total. The second kappa shape index (κ2) is 4.48. The molecule has 4 atom stereocenters. The fraction of sp³-hybridized carbons (Fsp3) is 0.545. The molecule has 1 aliphatic rings. The van der Waals surface area contributed by atoms with Gasteiger partial charge >= 0.3 is 0 Å². The highest BCUT2D eigenvalue weighted by Crippen LogP contribution is 2.33. The summed E-state index contributed by atoms with van der Waals surface area (Å²) in [4.78, 5) is 12.2. The maximum atomic E-state index is 14.0. The van der Waals surface area contributed by atoms with Crippen LogP contribution in [0.3, 0.4) is 0 Å². The molecule has 0 aromatic carbocycles. The number of ether oxygens (including phenoxy) is 1. The molecule has 0 bridgehead atoms. The maximum Gasteiger partial charge on any atom is 0.173 e. The van der Waals surface area contributed by atoms with Crippen molar-refractivity contribution in [2.45, 2.75) is 31.5 Å². The summed E-state index contributed by atoms with van der Waals surface area (Å²) in [7, 11) is 0. The third kappa shape index (κ3) is 1.79. The van der Waals surface area contributed by atoms with Gasteiger partial charge in [-0.2, -0.15) is 0 Å². The van der Waals surface area contributed by atoms with E-state index in [1.54, 1.807) is 6.92 Å². The van der Waals surface area contributed by atoms with Crippen molar-refractivity contribution in [3.05, 3.63) is 18.3 Å². The van der Waals surface area contributed by atoms with Crippen molar-refractivity contribution in [2.24, 2.45) is 0 Å². The number of hydrogen-bond acceptors (Lipinski definition) is 6. The van der Waals surface area contributed by atoms with Crippen LogP contribution in [0.15, 0.2) is 12.7 Å². The number of aliphatic hydroxyl groups is 2. The van der Waals surface area contributed by atoms with E-state index in [0.717, 1.165) is 0 Å². The number of aryl methyl sites for hydroxylation is 1. The molecular weight excluding hydrogens is 255 g/mol. The third-order valence-corrected chi connectivity index (χ3v) is 3.29. The lowest BCUT2D eigenvalue weighted by atomic mass is 10.1. The monoisotopic (exact) mass is 268 g/mol. The molecule has 0 saturated carbocycles. The van der Waals surface area contributed by atoms with Crippen molar-refractivity contribution in [1.29, 1.82) is 0 Å². The minimum absolute atomic E-state index is 0.436. The van der Waals surface area contributed by atoms with Crippen molar-refractivity contribution in [2.75, 3.05) is 6.61 Å². The standard InChI is InChI=1S/C11H13FN4O3/c1-5-8-10(14-3-13-5)16(4-15-8)11-7(12)9(18)6(2-17)19-11/h3-4,6-7,9,11,17-18H,2H2,1H3/t6-,7-,9-,11-/m1/s1. The van der Waals surface area contributed by atoms with Crippen LogP contribution in [-0.4, -0.2) is 54.7 Å². The fourth-order valence-electron chi connectivity index (χ4n) is 2.23. The number of nitrogens with zero attached hydrogens (tertiary/aromatic N) is 4. The second-order valence-electron chi connectivity index (χ2n) is 4.47. The first-order chi connectivity index (χ1) is 9.13. The lowest BCUT2D eigenvalue weighted by Gasteiger charge is -2.14. The Morgan fingerprint density at radius 1 is 1.42 bits per heavy atom. The van der Waals surface area contributed by atoms with Gasteiger partial charge in [0.2, 0.25) is 0 Å². The quantitative estimate of drug-likeness (QED) is 0.778. The lowest BCUT2D eigenvalue weighted by Crippen LogP contribution is -2.30. The van der Waals surface area contributed by atoms with Gasteiger partial charge in [0.1, 0.15) is 24.1 Å². The molecule has 3 heterocycles. The topological polar surface area (TPSA) is 93.3 Å². The van der Waals surface area contributed by atoms with Crippen molar-refractivity contribution in [3.63, 3.8) is 0 Å². The molecule has 2 aromatic heterocycles. The average Bonchev–Trinajstić information content (AvgIpc) is 2.94. The van der Waals surface area contributed by atoms with Crippen LogP contribution in [-0.2, 0) is 4.74 Å². The van der Waals surface area contributed by atoms with E-state index in [1.807, 2.05) is 0 Å². The van der Waals surface area contributed by atoms with Gasteiger partial charge in [-0.15, -0.1) is 0 Å². The maximum absolute atomic E-state index is 14.0. The van der Waals surface area contributed by atoms with Gasteiger partial charge in [-0.1, -0.05) is 0 Å². The Morgan fingerprint density at radius 2 is 2.21 bits per heavy atom. The summed E-state index contributed by atoms with van der Waals surface area (Å²) in [5, 5.41) is 18.7. The lowest BCUT2D eigenvalue weighted by molar-refractivity contribution is -0.0459. The van der Waals surface area contributed by atoms with Crippen LogP contribution in [0.1, 0.15) is 11.9 Å². The predicted molar refractivity (Wildman–Crippen MR) is 62.0 cm³/mol. The Kier molecular flexibility index (Phi) is 2.92. The highest BCUT2D eigenvalue weighted by atomic mass is 19.1. The van der Waals surface area contributed by atoms with E-state index < -0.39 is 31.2 Å². The Balaban J connectivity index is 2.04. The summed E-state index contributed by atoms with van der Waals surface area (Å²) >= 11 is 0. The Labute approximate surface area is 107 Å². The zero-order chi connectivity index (χ0) is 13.6. The van der Waals surface area contributed by atoms with Gasteiger partial charge < -0.3 is 14.9 Å². The third-order valence-electron chi connectivity index (χ3n) is 3.29. The van der Waals surface area contributed by atoms with Gasteiger partial charge in [0.25, 0.3) is 0 Å². The summed E-state index contributed by atoms with van der Waals surface area (Å²) in [5.41, 5.74) is 1.67. The number of fused-ring (bicyclic) bond motifs is 1. The van der Waals surface area contributed by atoms with Crippen molar-refractivity contribution >= 4 is 11.2 Å². The van der Waals surface area contributed by atoms with Crippen LogP contribution < -0.4 is 0 Å². The van der Waals surface area contributed by atoms with Crippen LogP contribution in [0, 0.1) is 6.92 Å². The molecule has 1 saturated heterocycles. The molecule has 7 nitrogen and oxygen atoms in total. The SMILES string of the molecule is Cc1ncnc2c1ncn2[C@@H]1O[C@H](CO)[C@@H](O)[C@H]1F. The minimum Gasteiger partial charge on any atom is -0.394 e. The number of alkyl halides is 1. The van der Waals surface area contributed by atoms with E-state index >= 15 is 0 Å². The summed E-state index contributed by atoms with van der Waals surface area (Å²) in [5.74, 6) is 0. The molecule has 3 rings (SSSR count). The molecule has 0 aliphatic carbocycles. The molecule has 102 valence electrons. The van der Waals surface area contributed by atoms with E-state index in [1.165, 1.54) is 17.2 Å². The number of imidazole rings is 1. The van der Waals surface area contributed by atoms with Gasteiger partial charge in [-0.05, 0) is 6.92 Å². The molecule has 0 unspecified atom stereocenters. The molecular formula is C11H13FN4O3. The van der Waals surface area contributed by atoms with Crippen molar-refractivity contribution in [1.82, 2.24) is 19.5 Å². The number of halogens is 1. The van der Waals surface area contributed by atoms with Crippen molar-refractivity contribution in [3.8, 4) is 0 Å². The largest absolute Gasteiger partial charge is 0.394 e. The molecule has 2 aromatic rings. The highest BCUT2D eigenvalue weighted by molar-refractivity contribution is 5.72. The number of rotatable bonds is 2. The highest BCUT2D eigenvalue weighted by Gasteiger charge is 2.45. The van der Waals surface area contributed by atoms with Crippen LogP contribution in [0.4, 0.5) is 4.39 Å². The molecule has 0 spiro atoms.